The lowest BCUT2D eigenvalue weighted by molar-refractivity contribution is -0.133. The topological polar surface area (TPSA) is 58.6 Å². The van der Waals surface area contributed by atoms with Crippen LogP contribution in [-0.2, 0) is 22.6 Å². The highest BCUT2D eigenvalue weighted by molar-refractivity contribution is 5.80. The van der Waals surface area contributed by atoms with Crippen molar-refractivity contribution in [2.75, 3.05) is 6.54 Å². The molecule has 4 rings (SSSR count). The van der Waals surface area contributed by atoms with Gasteiger partial charge in [-0.15, -0.1) is 0 Å². The van der Waals surface area contributed by atoms with Gasteiger partial charge in [0.25, 0.3) is 5.91 Å². The molecule has 3 aromatic rings. The molecule has 1 N–H and O–H groups in total. The zero-order valence-corrected chi connectivity index (χ0v) is 19.5. The quantitative estimate of drug-likeness (QED) is 0.551. The summed E-state index contributed by atoms with van der Waals surface area (Å²) in [5.74, 6) is 0.117. The van der Waals surface area contributed by atoms with Crippen molar-refractivity contribution < 1.29 is 18.7 Å². The van der Waals surface area contributed by atoms with Gasteiger partial charge in [0, 0.05) is 19.5 Å². The highest BCUT2D eigenvalue weighted by Crippen LogP contribution is 2.37. The highest BCUT2D eigenvalue weighted by atomic mass is 19.1. The number of nitrogens with zero attached hydrogens (tertiary/aromatic N) is 1. The molecule has 5 nitrogen and oxygen atoms in total. The van der Waals surface area contributed by atoms with Crippen molar-refractivity contribution in [3.05, 3.63) is 101 Å². The fourth-order valence-electron chi connectivity index (χ4n) is 4.33. The van der Waals surface area contributed by atoms with E-state index in [0.717, 1.165) is 23.1 Å². The van der Waals surface area contributed by atoms with Crippen LogP contribution >= 0.6 is 0 Å². The van der Waals surface area contributed by atoms with Crippen LogP contribution in [0.15, 0.2) is 72.8 Å². The van der Waals surface area contributed by atoms with E-state index in [9.17, 15) is 14.0 Å². The van der Waals surface area contributed by atoms with Gasteiger partial charge in [0.2, 0.25) is 5.91 Å². The lowest BCUT2D eigenvalue weighted by Gasteiger charge is -2.38. The number of halogens is 1. The average Bonchev–Trinajstić information content (AvgIpc) is 2.87. The average molecular weight is 461 g/mol. The number of carbonyl (C=O) groups excluding carboxylic acids is 2. The summed E-state index contributed by atoms with van der Waals surface area (Å²) in [5, 5.41) is 2.83. The zero-order valence-electron chi connectivity index (χ0n) is 19.5. The predicted octanol–water partition coefficient (Wildman–Crippen LogP) is 4.79. The van der Waals surface area contributed by atoms with E-state index in [4.69, 9.17) is 4.74 Å². The van der Waals surface area contributed by atoms with E-state index in [1.165, 1.54) is 17.7 Å². The second kappa shape index (κ2) is 10.5. The van der Waals surface area contributed by atoms with Crippen molar-refractivity contribution >= 4 is 11.8 Å². The minimum atomic E-state index is -0.717. The van der Waals surface area contributed by atoms with E-state index in [1.54, 1.807) is 19.1 Å². The van der Waals surface area contributed by atoms with Crippen molar-refractivity contribution in [1.29, 1.82) is 0 Å². The Kier molecular flexibility index (Phi) is 7.26. The minimum Gasteiger partial charge on any atom is -0.481 e. The number of ether oxygens (including phenoxy) is 1. The number of hydrogen-bond donors (Lipinski definition) is 1. The molecule has 2 atom stereocenters. The van der Waals surface area contributed by atoms with E-state index in [1.807, 2.05) is 60.4 Å². The van der Waals surface area contributed by atoms with E-state index < -0.39 is 6.10 Å². The molecule has 0 saturated carbocycles. The molecule has 0 fully saturated rings. The van der Waals surface area contributed by atoms with E-state index >= 15 is 0 Å². The smallest absolute Gasteiger partial charge is 0.261 e. The molecule has 1 heterocycles. The molecule has 176 valence electrons. The molecule has 0 aliphatic carbocycles. The third kappa shape index (κ3) is 5.28. The fourth-order valence-corrected chi connectivity index (χ4v) is 4.33. The first-order valence-electron chi connectivity index (χ1n) is 11.6. The Morgan fingerprint density at radius 1 is 1.09 bits per heavy atom. The molecule has 6 heteroatoms. The van der Waals surface area contributed by atoms with Crippen molar-refractivity contribution in [1.82, 2.24) is 10.2 Å². The summed E-state index contributed by atoms with van der Waals surface area (Å²) in [5.41, 5.74) is 4.06. The van der Waals surface area contributed by atoms with Crippen molar-refractivity contribution in [3.8, 4) is 5.75 Å². The molecular weight excluding hydrogens is 431 g/mol. The van der Waals surface area contributed by atoms with Gasteiger partial charge in [-0.3, -0.25) is 9.59 Å². The van der Waals surface area contributed by atoms with Gasteiger partial charge in [0.15, 0.2) is 6.10 Å². The van der Waals surface area contributed by atoms with Gasteiger partial charge in [-0.05, 0) is 59.9 Å². The first kappa shape index (κ1) is 23.5. The molecule has 2 unspecified atom stereocenters. The molecule has 0 aromatic heterocycles. The summed E-state index contributed by atoms with van der Waals surface area (Å²) >= 11 is 0. The number of benzene rings is 3. The van der Waals surface area contributed by atoms with Gasteiger partial charge in [-0.2, -0.15) is 0 Å². The SMILES string of the molecule is CCC(=O)N1CCc2ccc(OC(C)C(=O)NCc3ccc(F)cc3)cc2C1c1ccccc1. The number of hydrogen-bond acceptors (Lipinski definition) is 3. The minimum absolute atomic E-state index is 0.111. The second-order valence-corrected chi connectivity index (χ2v) is 8.47. The summed E-state index contributed by atoms with van der Waals surface area (Å²) < 4.78 is 19.1. The third-order valence-corrected chi connectivity index (χ3v) is 6.15. The molecule has 0 saturated heterocycles. The van der Waals surface area contributed by atoms with Crippen molar-refractivity contribution in [2.45, 2.75) is 45.4 Å². The predicted molar refractivity (Wildman–Crippen MR) is 129 cm³/mol. The van der Waals surface area contributed by atoms with Gasteiger partial charge in [0.05, 0.1) is 6.04 Å². The second-order valence-electron chi connectivity index (χ2n) is 8.47. The monoisotopic (exact) mass is 460 g/mol. The van der Waals surface area contributed by atoms with E-state index in [-0.39, 0.29) is 23.7 Å². The van der Waals surface area contributed by atoms with Gasteiger partial charge in [0.1, 0.15) is 11.6 Å². The third-order valence-electron chi connectivity index (χ3n) is 6.15. The van der Waals surface area contributed by atoms with Gasteiger partial charge in [-0.25, -0.2) is 4.39 Å². The first-order chi connectivity index (χ1) is 16.5. The Balaban J connectivity index is 1.52. The lowest BCUT2D eigenvalue weighted by atomic mass is 9.87. The van der Waals surface area contributed by atoms with Crippen molar-refractivity contribution in [2.24, 2.45) is 0 Å². The number of amides is 2. The van der Waals surface area contributed by atoms with Crippen LogP contribution in [0.2, 0.25) is 0 Å². The van der Waals surface area contributed by atoms with Crippen LogP contribution in [0.4, 0.5) is 4.39 Å². The van der Waals surface area contributed by atoms with Crippen LogP contribution in [0.25, 0.3) is 0 Å². The molecule has 0 spiro atoms. The van der Waals surface area contributed by atoms with Gasteiger partial charge < -0.3 is 15.0 Å². The van der Waals surface area contributed by atoms with Gasteiger partial charge in [-0.1, -0.05) is 55.5 Å². The largest absolute Gasteiger partial charge is 0.481 e. The molecule has 2 amide bonds. The van der Waals surface area contributed by atoms with Gasteiger partial charge >= 0.3 is 0 Å². The molecule has 0 radical (unpaired) electrons. The normalized spacial score (nSPS) is 15.9. The summed E-state index contributed by atoms with van der Waals surface area (Å²) in [6.07, 6.45) is 0.504. The van der Waals surface area contributed by atoms with Crippen LogP contribution in [0.5, 0.6) is 5.75 Å². The van der Waals surface area contributed by atoms with Crippen LogP contribution in [0.3, 0.4) is 0 Å². The molecule has 1 aliphatic heterocycles. The Morgan fingerprint density at radius 3 is 2.53 bits per heavy atom. The van der Waals surface area contributed by atoms with Crippen LogP contribution in [0, 0.1) is 5.82 Å². The zero-order chi connectivity index (χ0) is 24.1. The van der Waals surface area contributed by atoms with Crippen LogP contribution in [0.1, 0.15) is 48.6 Å². The number of nitrogens with one attached hydrogen (secondary N) is 1. The number of carbonyl (C=O) groups is 2. The maximum atomic E-state index is 13.1. The number of rotatable bonds is 7. The first-order valence-corrected chi connectivity index (χ1v) is 11.6. The number of fused-ring (bicyclic) bond motifs is 1. The van der Waals surface area contributed by atoms with E-state index in [0.29, 0.717) is 25.3 Å². The summed E-state index contributed by atoms with van der Waals surface area (Å²) in [7, 11) is 0. The van der Waals surface area contributed by atoms with Crippen molar-refractivity contribution in [3.63, 3.8) is 0 Å². The molecule has 34 heavy (non-hydrogen) atoms. The Bertz CT molecular complexity index is 1150. The molecule has 1 aliphatic rings. The van der Waals surface area contributed by atoms with E-state index in [2.05, 4.69) is 5.32 Å². The van der Waals surface area contributed by atoms with Crippen LogP contribution < -0.4 is 10.1 Å². The fraction of sp³-hybridized carbons (Fsp3) is 0.286. The highest BCUT2D eigenvalue weighted by Gasteiger charge is 2.31. The lowest BCUT2D eigenvalue weighted by Crippen LogP contribution is -2.40. The summed E-state index contributed by atoms with van der Waals surface area (Å²) in [6, 6.07) is 21.7. The summed E-state index contributed by atoms with van der Waals surface area (Å²) in [4.78, 5) is 27.3. The Morgan fingerprint density at radius 2 is 1.82 bits per heavy atom. The maximum absolute atomic E-state index is 13.1. The maximum Gasteiger partial charge on any atom is 0.261 e. The Labute approximate surface area is 199 Å². The standard InChI is InChI=1S/C28H29FN2O3/c1-3-26(32)31-16-15-21-11-14-24(17-25(21)27(31)22-7-5-4-6-8-22)34-19(2)28(33)30-18-20-9-12-23(29)13-10-20/h4-14,17,19,27H,3,15-16,18H2,1-2H3,(H,30,33). The molecular formula is C28H29FN2O3. The summed E-state index contributed by atoms with van der Waals surface area (Å²) in [6.45, 7) is 4.54. The molecule has 0 bridgehead atoms. The van der Waals surface area contributed by atoms with Crippen LogP contribution in [-0.4, -0.2) is 29.4 Å². The molecule has 3 aromatic carbocycles. The Hall–Kier alpha value is -3.67.